The van der Waals surface area contributed by atoms with Crippen LogP contribution in [0.3, 0.4) is 0 Å². The van der Waals surface area contributed by atoms with Gasteiger partial charge in [0.2, 0.25) is 5.95 Å². The second kappa shape index (κ2) is 1.55. The fraction of sp³-hybridized carbons (Fsp3) is 0. The second-order valence-corrected chi connectivity index (χ2v) is 1.04. The Morgan fingerprint density at radius 2 is 2.57 bits per heavy atom. The molecular formula is C4H5N3. The van der Waals surface area contributed by atoms with Crippen molar-refractivity contribution in [2.75, 3.05) is 5.73 Å². The first-order chi connectivity index (χ1) is 3.79. The van der Waals surface area contributed by atoms with Gasteiger partial charge in [-0.15, -0.1) is 0 Å². The average molecular weight is 96.1 g/mol. The quantitative estimate of drug-likeness (QED) is 0.496. The van der Waals surface area contributed by atoms with Crippen LogP contribution in [-0.2, 0) is 0 Å². The molecule has 0 amide bonds. The molecule has 0 spiro atoms. The lowest BCUT2D eigenvalue weighted by molar-refractivity contribution is 1.19. The Labute approximate surface area is 42.6 Å². The Kier molecular flexibility index (Phi) is 0.656. The summed E-state index contributed by atoms with van der Waals surface area (Å²) in [7, 11) is 0. The van der Waals surface area contributed by atoms with E-state index < -0.39 is 0 Å². The molecule has 0 aliphatic heterocycles. The van der Waals surface area contributed by atoms with Gasteiger partial charge in [-0.25, -0.2) is 9.97 Å². The van der Waals surface area contributed by atoms with Crippen LogP contribution in [0.4, 0.5) is 5.95 Å². The lowest BCUT2D eigenvalue weighted by Gasteiger charge is -1.82. The van der Waals surface area contributed by atoms with Crippen molar-refractivity contribution in [2.45, 2.75) is 0 Å². The van der Waals surface area contributed by atoms with E-state index in [1.165, 1.54) is 12.3 Å². The molecule has 3 nitrogen and oxygen atoms in total. The standard InChI is InChI=1S/C4H5N3/c5-4-6-2-1-3-7-4/h1-3H,(H2,5,6,7)/i2D. The number of nitrogens with two attached hydrogens (primary N) is 1. The van der Waals surface area contributed by atoms with Crippen LogP contribution in [0.5, 0.6) is 0 Å². The molecule has 1 aromatic heterocycles. The van der Waals surface area contributed by atoms with Gasteiger partial charge < -0.3 is 5.73 Å². The number of nitrogens with zero attached hydrogens (tertiary/aromatic N) is 2. The molecule has 1 aromatic rings. The summed E-state index contributed by atoms with van der Waals surface area (Å²) in [4.78, 5) is 7.09. The Hall–Kier alpha value is -1.12. The summed E-state index contributed by atoms with van der Waals surface area (Å²) >= 11 is 0. The average Bonchev–Trinajstić information content (AvgIpc) is 1.64. The lowest BCUT2D eigenvalue weighted by Crippen LogP contribution is -1.90. The summed E-state index contributed by atoms with van der Waals surface area (Å²) in [6.45, 7) is 0. The predicted molar refractivity (Wildman–Crippen MR) is 26.4 cm³/mol. The summed E-state index contributed by atoms with van der Waals surface area (Å²) in [5.41, 5.74) is 5.12. The van der Waals surface area contributed by atoms with Gasteiger partial charge in [0.25, 0.3) is 0 Å². The monoisotopic (exact) mass is 96.1 g/mol. The van der Waals surface area contributed by atoms with E-state index in [0.29, 0.717) is 0 Å². The number of hydrogen-bond acceptors (Lipinski definition) is 3. The number of aromatic nitrogens is 2. The van der Waals surface area contributed by atoms with Gasteiger partial charge in [-0.3, -0.25) is 0 Å². The summed E-state index contributed by atoms with van der Waals surface area (Å²) in [6, 6.07) is 1.47. The van der Waals surface area contributed by atoms with Crippen LogP contribution in [0.1, 0.15) is 1.37 Å². The highest BCUT2D eigenvalue weighted by atomic mass is 15.0. The molecule has 2 N–H and O–H groups in total. The highest BCUT2D eigenvalue weighted by Gasteiger charge is 1.75. The Bertz CT molecular complexity index is 171. The largest absolute Gasteiger partial charge is 0.368 e. The van der Waals surface area contributed by atoms with Crippen molar-refractivity contribution in [1.82, 2.24) is 9.97 Å². The third-order valence-electron chi connectivity index (χ3n) is 0.535. The van der Waals surface area contributed by atoms with E-state index in [0.717, 1.165) is 0 Å². The van der Waals surface area contributed by atoms with Gasteiger partial charge >= 0.3 is 0 Å². The SMILES string of the molecule is [2H]c1ccnc(N)n1. The maximum Gasteiger partial charge on any atom is 0.219 e. The Morgan fingerprint density at radius 1 is 1.71 bits per heavy atom. The molecule has 0 bridgehead atoms. The van der Waals surface area contributed by atoms with Crippen molar-refractivity contribution in [1.29, 1.82) is 0 Å². The van der Waals surface area contributed by atoms with Crippen LogP contribution in [0.15, 0.2) is 18.4 Å². The van der Waals surface area contributed by atoms with Gasteiger partial charge in [0.1, 0.15) is 0 Å². The smallest absolute Gasteiger partial charge is 0.219 e. The van der Waals surface area contributed by atoms with Gasteiger partial charge in [0.15, 0.2) is 0 Å². The molecule has 0 unspecified atom stereocenters. The molecule has 1 heterocycles. The van der Waals surface area contributed by atoms with Crippen molar-refractivity contribution < 1.29 is 1.37 Å². The molecule has 0 saturated heterocycles. The van der Waals surface area contributed by atoms with Crippen LogP contribution in [0.2, 0.25) is 0 Å². The number of hydrogen-bond donors (Lipinski definition) is 1. The van der Waals surface area contributed by atoms with Crippen LogP contribution in [-0.4, -0.2) is 9.97 Å². The molecule has 0 aromatic carbocycles. The maximum atomic E-state index is 6.90. The number of nitrogen functional groups attached to an aromatic ring is 1. The summed E-state index contributed by atoms with van der Waals surface area (Å²) in [5.74, 6) is 0.150. The van der Waals surface area contributed by atoms with E-state index in [9.17, 15) is 0 Å². The van der Waals surface area contributed by atoms with Crippen molar-refractivity contribution >= 4 is 5.95 Å². The molecule has 7 heavy (non-hydrogen) atoms. The van der Waals surface area contributed by atoms with Gasteiger partial charge in [0.05, 0.1) is 1.37 Å². The number of anilines is 1. The third-order valence-corrected chi connectivity index (χ3v) is 0.535. The van der Waals surface area contributed by atoms with E-state index in [1.54, 1.807) is 0 Å². The highest BCUT2D eigenvalue weighted by Crippen LogP contribution is 1.81. The Balaban J connectivity index is 3.08. The van der Waals surface area contributed by atoms with E-state index >= 15 is 0 Å². The van der Waals surface area contributed by atoms with E-state index in [1.807, 2.05) is 0 Å². The van der Waals surface area contributed by atoms with Gasteiger partial charge in [0, 0.05) is 12.4 Å². The normalized spacial score (nSPS) is 10.6. The molecule has 3 heteroatoms. The minimum absolute atomic E-state index is 0.150. The third kappa shape index (κ3) is 0.855. The summed E-state index contributed by atoms with van der Waals surface area (Å²) < 4.78 is 6.90. The molecule has 0 radical (unpaired) electrons. The zero-order valence-electron chi connectivity index (χ0n) is 4.63. The van der Waals surface area contributed by atoms with Crippen molar-refractivity contribution in [3.8, 4) is 0 Å². The lowest BCUT2D eigenvalue weighted by atomic mass is 10.7. The van der Waals surface area contributed by atoms with Gasteiger partial charge in [-0.2, -0.15) is 0 Å². The van der Waals surface area contributed by atoms with E-state index in [-0.39, 0.29) is 12.1 Å². The van der Waals surface area contributed by atoms with Crippen molar-refractivity contribution in [3.63, 3.8) is 0 Å². The highest BCUT2D eigenvalue weighted by molar-refractivity contribution is 5.11. The van der Waals surface area contributed by atoms with E-state index in [2.05, 4.69) is 9.97 Å². The minimum atomic E-state index is 0.150. The van der Waals surface area contributed by atoms with Crippen LogP contribution >= 0.6 is 0 Å². The zero-order chi connectivity index (χ0) is 5.98. The molecule has 0 aliphatic rings. The molecule has 0 saturated carbocycles. The molecule has 0 aliphatic carbocycles. The first-order valence-electron chi connectivity index (χ1n) is 2.34. The second-order valence-electron chi connectivity index (χ2n) is 1.04. The fourth-order valence-electron chi connectivity index (χ4n) is 0.279. The fourth-order valence-corrected chi connectivity index (χ4v) is 0.279. The van der Waals surface area contributed by atoms with Gasteiger partial charge in [-0.1, -0.05) is 0 Å². The van der Waals surface area contributed by atoms with Gasteiger partial charge in [-0.05, 0) is 6.07 Å². The van der Waals surface area contributed by atoms with Crippen molar-refractivity contribution in [3.05, 3.63) is 18.4 Å². The van der Waals surface area contributed by atoms with Crippen LogP contribution < -0.4 is 5.73 Å². The molecular weight excluding hydrogens is 90.1 g/mol. The Morgan fingerprint density at radius 3 is 3.00 bits per heavy atom. The van der Waals surface area contributed by atoms with E-state index in [4.69, 9.17) is 7.10 Å². The maximum absolute atomic E-state index is 6.90. The molecule has 0 fully saturated rings. The van der Waals surface area contributed by atoms with Crippen LogP contribution in [0, 0.1) is 0 Å². The van der Waals surface area contributed by atoms with Crippen molar-refractivity contribution in [2.24, 2.45) is 0 Å². The zero-order valence-corrected chi connectivity index (χ0v) is 3.63. The first kappa shape index (κ1) is 2.96. The number of rotatable bonds is 0. The van der Waals surface area contributed by atoms with Crippen LogP contribution in [0.25, 0.3) is 0 Å². The molecule has 1 rings (SSSR count). The topological polar surface area (TPSA) is 51.8 Å². The summed E-state index contributed by atoms with van der Waals surface area (Å²) in [6.07, 6.45) is 1.60. The molecule has 36 valence electrons. The summed E-state index contributed by atoms with van der Waals surface area (Å²) in [5, 5.41) is 0. The first-order valence-corrected chi connectivity index (χ1v) is 1.84. The predicted octanol–water partition coefficient (Wildman–Crippen LogP) is 0.0588. The minimum Gasteiger partial charge on any atom is -0.368 e. The molecule has 0 atom stereocenters.